The molecule has 0 fully saturated rings. The van der Waals surface area contributed by atoms with Gasteiger partial charge in [0.2, 0.25) is 5.91 Å². The summed E-state index contributed by atoms with van der Waals surface area (Å²) in [6.07, 6.45) is 0.351. The highest BCUT2D eigenvalue weighted by Gasteiger charge is 2.02. The summed E-state index contributed by atoms with van der Waals surface area (Å²) in [6, 6.07) is 6.19. The zero-order valence-corrected chi connectivity index (χ0v) is 12.2. The molecule has 7 heteroatoms. The number of carbonyl (C=O) groups is 1. The van der Waals surface area contributed by atoms with E-state index in [4.69, 9.17) is 12.2 Å². The number of thiocarbonyl (C=S) groups is 1. The molecule has 0 radical (unpaired) electrons. The molecule has 4 nitrogen and oxygen atoms in total. The maximum atomic E-state index is 12.7. The van der Waals surface area contributed by atoms with E-state index in [1.54, 1.807) is 12.1 Å². The molecule has 0 aliphatic carbocycles. The van der Waals surface area contributed by atoms with Crippen molar-refractivity contribution < 1.29 is 9.18 Å². The summed E-state index contributed by atoms with van der Waals surface area (Å²) in [4.78, 5) is 12.4. The lowest BCUT2D eigenvalue weighted by atomic mass is 10.4. The lowest BCUT2D eigenvalue weighted by Crippen LogP contribution is -2.46. The van der Waals surface area contributed by atoms with Crippen LogP contribution in [0.2, 0.25) is 0 Å². The van der Waals surface area contributed by atoms with Crippen LogP contribution in [0.25, 0.3) is 0 Å². The molecule has 1 amide bonds. The van der Waals surface area contributed by atoms with Crippen molar-refractivity contribution >= 4 is 35.0 Å². The number of amides is 1. The molecule has 1 aromatic carbocycles. The lowest BCUT2D eigenvalue weighted by molar-refractivity contribution is -0.121. The van der Waals surface area contributed by atoms with Crippen LogP contribution in [0.4, 0.5) is 4.39 Å². The van der Waals surface area contributed by atoms with Crippen LogP contribution in [0.1, 0.15) is 13.3 Å². The van der Waals surface area contributed by atoms with Crippen LogP contribution in [0, 0.1) is 5.82 Å². The average molecular weight is 301 g/mol. The predicted molar refractivity (Wildman–Crippen MR) is 79.3 cm³/mol. The highest BCUT2D eigenvalue weighted by Crippen LogP contribution is 2.18. The van der Waals surface area contributed by atoms with Crippen LogP contribution < -0.4 is 16.2 Å². The molecule has 0 aliphatic heterocycles. The van der Waals surface area contributed by atoms with E-state index in [1.165, 1.54) is 23.9 Å². The van der Waals surface area contributed by atoms with Gasteiger partial charge in [-0.3, -0.25) is 15.6 Å². The molecule has 0 unspecified atom stereocenters. The van der Waals surface area contributed by atoms with Crippen molar-refractivity contribution in [2.45, 2.75) is 18.2 Å². The second-order valence-corrected chi connectivity index (χ2v) is 5.16. The van der Waals surface area contributed by atoms with Gasteiger partial charge in [0.05, 0.1) is 0 Å². The van der Waals surface area contributed by atoms with Gasteiger partial charge in [0.25, 0.3) is 0 Å². The standard InChI is InChI=1S/C12H16FN3OS2/c1-2-14-12(18)16-15-11(17)7-8-19-10-5-3-9(13)4-6-10/h3-6H,2,7-8H2,1H3,(H,15,17)(H2,14,16,18). The summed E-state index contributed by atoms with van der Waals surface area (Å²) in [7, 11) is 0. The highest BCUT2D eigenvalue weighted by atomic mass is 32.2. The van der Waals surface area contributed by atoms with Crippen molar-refractivity contribution in [2.24, 2.45) is 0 Å². The normalized spacial score (nSPS) is 9.79. The molecule has 3 N–H and O–H groups in total. The smallest absolute Gasteiger partial charge is 0.239 e. The molecule has 0 aliphatic rings. The maximum Gasteiger partial charge on any atom is 0.239 e. The number of thioether (sulfide) groups is 1. The summed E-state index contributed by atoms with van der Waals surface area (Å²) >= 11 is 6.39. The van der Waals surface area contributed by atoms with Crippen LogP contribution in [0.15, 0.2) is 29.2 Å². The van der Waals surface area contributed by atoms with Crippen LogP contribution >= 0.6 is 24.0 Å². The predicted octanol–water partition coefficient (Wildman–Crippen LogP) is 1.82. The van der Waals surface area contributed by atoms with Crippen LogP contribution in [0.5, 0.6) is 0 Å². The minimum atomic E-state index is -0.261. The van der Waals surface area contributed by atoms with Gasteiger partial charge in [-0.2, -0.15) is 0 Å². The van der Waals surface area contributed by atoms with Gasteiger partial charge < -0.3 is 5.32 Å². The van der Waals surface area contributed by atoms with Crippen molar-refractivity contribution in [3.8, 4) is 0 Å². The van der Waals surface area contributed by atoms with E-state index in [9.17, 15) is 9.18 Å². The monoisotopic (exact) mass is 301 g/mol. The number of hydrogen-bond donors (Lipinski definition) is 3. The Labute approximate surface area is 121 Å². The van der Waals surface area contributed by atoms with Gasteiger partial charge in [-0.05, 0) is 43.4 Å². The molecule has 0 spiro atoms. The third-order valence-corrected chi connectivity index (χ3v) is 3.32. The number of hydrogen-bond acceptors (Lipinski definition) is 3. The first-order valence-corrected chi connectivity index (χ1v) is 7.22. The third-order valence-electron chi connectivity index (χ3n) is 2.06. The molecule has 104 valence electrons. The van der Waals surface area contributed by atoms with E-state index in [2.05, 4.69) is 16.2 Å². The number of carbonyl (C=O) groups excluding carboxylic acids is 1. The zero-order chi connectivity index (χ0) is 14.1. The van der Waals surface area contributed by atoms with Gasteiger partial charge in [-0.25, -0.2) is 4.39 Å². The van der Waals surface area contributed by atoms with Crippen LogP contribution in [-0.2, 0) is 4.79 Å². The van der Waals surface area contributed by atoms with E-state index in [-0.39, 0.29) is 11.7 Å². The summed E-state index contributed by atoms with van der Waals surface area (Å²) in [5.41, 5.74) is 5.10. The first-order valence-electron chi connectivity index (χ1n) is 5.83. The van der Waals surface area contributed by atoms with Crippen LogP contribution in [-0.4, -0.2) is 23.3 Å². The molecule has 0 atom stereocenters. The SMILES string of the molecule is CCNC(=S)NNC(=O)CCSc1ccc(F)cc1. The Morgan fingerprint density at radius 1 is 1.32 bits per heavy atom. The summed E-state index contributed by atoms with van der Waals surface area (Å²) in [6.45, 7) is 2.61. The fraction of sp³-hybridized carbons (Fsp3) is 0.333. The Hall–Kier alpha value is -1.34. The number of rotatable bonds is 5. The molecule has 0 saturated carbocycles. The molecule has 19 heavy (non-hydrogen) atoms. The van der Waals surface area contributed by atoms with E-state index in [0.29, 0.717) is 23.8 Å². The van der Waals surface area contributed by atoms with E-state index in [1.807, 2.05) is 6.92 Å². The van der Waals surface area contributed by atoms with E-state index in [0.717, 1.165) is 4.90 Å². The van der Waals surface area contributed by atoms with Crippen LogP contribution in [0.3, 0.4) is 0 Å². The molecule has 0 saturated heterocycles. The largest absolute Gasteiger partial charge is 0.362 e. The third kappa shape index (κ3) is 6.97. The van der Waals surface area contributed by atoms with Gasteiger partial charge in [-0.1, -0.05) is 0 Å². The Morgan fingerprint density at radius 3 is 2.63 bits per heavy atom. The number of nitrogens with one attached hydrogen (secondary N) is 3. The highest BCUT2D eigenvalue weighted by molar-refractivity contribution is 7.99. The van der Waals surface area contributed by atoms with E-state index < -0.39 is 0 Å². The maximum absolute atomic E-state index is 12.7. The molecule has 1 aromatic rings. The molecular formula is C12H16FN3OS2. The molecule has 0 bridgehead atoms. The fourth-order valence-electron chi connectivity index (χ4n) is 1.19. The van der Waals surface area contributed by atoms with Crippen molar-refractivity contribution in [3.63, 3.8) is 0 Å². The molecule has 0 aromatic heterocycles. The lowest BCUT2D eigenvalue weighted by Gasteiger charge is -2.09. The second kappa shape index (κ2) is 8.71. The zero-order valence-electron chi connectivity index (χ0n) is 10.5. The Bertz CT molecular complexity index is 425. The van der Waals surface area contributed by atoms with Gasteiger partial charge in [0, 0.05) is 23.6 Å². The molecule has 0 heterocycles. The molecule has 1 rings (SSSR count). The summed E-state index contributed by atoms with van der Waals surface area (Å²) < 4.78 is 12.7. The van der Waals surface area contributed by atoms with Crippen molar-refractivity contribution in [1.82, 2.24) is 16.2 Å². The van der Waals surface area contributed by atoms with Gasteiger partial charge in [0.1, 0.15) is 5.82 Å². The van der Waals surface area contributed by atoms with E-state index >= 15 is 0 Å². The summed E-state index contributed by atoms with van der Waals surface area (Å²) in [5.74, 6) is 0.214. The topological polar surface area (TPSA) is 53.2 Å². The second-order valence-electron chi connectivity index (χ2n) is 3.59. The minimum absolute atomic E-state index is 0.144. The summed E-state index contributed by atoms with van der Waals surface area (Å²) in [5, 5.41) is 3.24. The average Bonchev–Trinajstić information content (AvgIpc) is 2.39. The number of hydrazine groups is 1. The van der Waals surface area contributed by atoms with Crippen molar-refractivity contribution in [1.29, 1.82) is 0 Å². The quantitative estimate of drug-likeness (QED) is 0.440. The molecular weight excluding hydrogens is 285 g/mol. The Balaban J connectivity index is 2.16. The first kappa shape index (κ1) is 15.7. The first-order chi connectivity index (χ1) is 9.11. The number of benzene rings is 1. The van der Waals surface area contributed by atoms with Gasteiger partial charge in [-0.15, -0.1) is 11.8 Å². The number of halogens is 1. The Morgan fingerprint density at radius 2 is 2.00 bits per heavy atom. The van der Waals surface area contributed by atoms with Crippen molar-refractivity contribution in [2.75, 3.05) is 12.3 Å². The van der Waals surface area contributed by atoms with Gasteiger partial charge in [0.15, 0.2) is 5.11 Å². The minimum Gasteiger partial charge on any atom is -0.362 e. The van der Waals surface area contributed by atoms with Gasteiger partial charge >= 0.3 is 0 Å². The Kier molecular flexibility index (Phi) is 7.20. The fourth-order valence-corrected chi connectivity index (χ4v) is 2.23. The van der Waals surface area contributed by atoms with Crippen molar-refractivity contribution in [3.05, 3.63) is 30.1 Å².